The number of H-pyrrole nitrogens is 1. The standard InChI is InChI=1S/C18H14FN3OS/c1-11(24-13-8-6-12(19)7-9-13)17(23)14(10-20)18-21-15-4-2-3-5-16(15)22-18/h2-9,11,23H,1H3,(H,21,22)/b17-14-/t11-/m1/s1. The van der Waals surface area contributed by atoms with E-state index >= 15 is 0 Å². The van der Waals surface area contributed by atoms with Crippen LogP contribution >= 0.6 is 11.8 Å². The Morgan fingerprint density at radius 2 is 1.96 bits per heavy atom. The van der Waals surface area contributed by atoms with Gasteiger partial charge < -0.3 is 10.1 Å². The molecule has 0 saturated carbocycles. The van der Waals surface area contributed by atoms with Crippen LogP contribution in [0.2, 0.25) is 0 Å². The van der Waals surface area contributed by atoms with Crippen molar-refractivity contribution in [2.75, 3.05) is 0 Å². The number of hydrogen-bond donors (Lipinski definition) is 2. The zero-order chi connectivity index (χ0) is 17.1. The number of aliphatic hydroxyl groups is 1. The highest BCUT2D eigenvalue weighted by molar-refractivity contribution is 8.00. The number of aromatic nitrogens is 2. The maximum absolute atomic E-state index is 13.0. The van der Waals surface area contributed by atoms with Gasteiger partial charge in [0.15, 0.2) is 5.82 Å². The van der Waals surface area contributed by atoms with Gasteiger partial charge in [-0.05, 0) is 43.3 Å². The first-order valence-electron chi connectivity index (χ1n) is 7.29. The molecule has 0 fully saturated rings. The fourth-order valence-corrected chi connectivity index (χ4v) is 3.21. The van der Waals surface area contributed by atoms with Crippen molar-refractivity contribution in [1.82, 2.24) is 9.97 Å². The van der Waals surface area contributed by atoms with Crippen molar-refractivity contribution in [3.63, 3.8) is 0 Å². The van der Waals surface area contributed by atoms with Crippen molar-refractivity contribution in [1.29, 1.82) is 5.26 Å². The number of para-hydroxylation sites is 2. The van der Waals surface area contributed by atoms with Gasteiger partial charge in [-0.2, -0.15) is 5.26 Å². The van der Waals surface area contributed by atoms with Gasteiger partial charge in [0.05, 0.1) is 16.3 Å². The number of nitrogens with one attached hydrogen (secondary N) is 1. The normalized spacial score (nSPS) is 13.4. The number of imidazole rings is 1. The minimum absolute atomic E-state index is 0.0640. The van der Waals surface area contributed by atoms with E-state index < -0.39 is 0 Å². The van der Waals surface area contributed by atoms with Crippen molar-refractivity contribution < 1.29 is 9.50 Å². The van der Waals surface area contributed by atoms with Gasteiger partial charge in [-0.15, -0.1) is 11.8 Å². The largest absolute Gasteiger partial charge is 0.510 e. The summed E-state index contributed by atoms with van der Waals surface area (Å²) in [5.41, 5.74) is 1.63. The van der Waals surface area contributed by atoms with Crippen LogP contribution in [0.4, 0.5) is 4.39 Å². The minimum atomic E-state index is -0.377. The van der Waals surface area contributed by atoms with E-state index in [1.807, 2.05) is 30.3 Å². The van der Waals surface area contributed by atoms with E-state index in [1.165, 1.54) is 23.9 Å². The van der Waals surface area contributed by atoms with Gasteiger partial charge in [0.1, 0.15) is 23.2 Å². The number of aliphatic hydroxyl groups excluding tert-OH is 1. The van der Waals surface area contributed by atoms with Crippen LogP contribution in [-0.4, -0.2) is 20.3 Å². The van der Waals surface area contributed by atoms with E-state index in [-0.39, 0.29) is 22.4 Å². The summed E-state index contributed by atoms with van der Waals surface area (Å²) in [4.78, 5) is 8.20. The summed E-state index contributed by atoms with van der Waals surface area (Å²) in [6.07, 6.45) is 0. The molecule has 6 heteroatoms. The summed E-state index contributed by atoms with van der Waals surface area (Å²) < 4.78 is 13.0. The van der Waals surface area contributed by atoms with E-state index in [2.05, 4.69) is 9.97 Å². The molecule has 0 amide bonds. The first-order chi connectivity index (χ1) is 11.6. The number of rotatable bonds is 4. The molecule has 1 heterocycles. The molecule has 24 heavy (non-hydrogen) atoms. The Morgan fingerprint density at radius 3 is 2.62 bits per heavy atom. The molecular weight excluding hydrogens is 325 g/mol. The second-order valence-corrected chi connectivity index (χ2v) is 6.60. The number of allylic oxidation sites excluding steroid dienone is 1. The fraction of sp³-hybridized carbons (Fsp3) is 0.111. The predicted molar refractivity (Wildman–Crippen MR) is 93.0 cm³/mol. The molecule has 0 unspecified atom stereocenters. The van der Waals surface area contributed by atoms with Crippen molar-refractivity contribution in [3.8, 4) is 6.07 Å². The molecule has 0 aliphatic rings. The van der Waals surface area contributed by atoms with Crippen LogP contribution in [0.3, 0.4) is 0 Å². The maximum Gasteiger partial charge on any atom is 0.152 e. The van der Waals surface area contributed by atoms with Crippen LogP contribution in [0, 0.1) is 17.1 Å². The molecule has 3 aromatic rings. The van der Waals surface area contributed by atoms with Crippen LogP contribution in [0.5, 0.6) is 0 Å². The third kappa shape index (κ3) is 3.26. The summed E-state index contributed by atoms with van der Waals surface area (Å²) in [7, 11) is 0. The van der Waals surface area contributed by atoms with Crippen molar-refractivity contribution in [2.24, 2.45) is 0 Å². The van der Waals surface area contributed by atoms with E-state index in [1.54, 1.807) is 19.1 Å². The Labute approximate surface area is 142 Å². The molecule has 0 spiro atoms. The second-order valence-electron chi connectivity index (χ2n) is 5.19. The SMILES string of the molecule is C[C@@H](Sc1ccc(F)cc1)/C(O)=C(\C#N)c1nc2ccccc2[nH]1. The Hall–Kier alpha value is -2.78. The van der Waals surface area contributed by atoms with Crippen LogP contribution in [0.25, 0.3) is 16.6 Å². The lowest BCUT2D eigenvalue weighted by Gasteiger charge is -2.11. The molecule has 1 atom stereocenters. The van der Waals surface area contributed by atoms with Gasteiger partial charge in [-0.3, -0.25) is 0 Å². The third-order valence-electron chi connectivity index (χ3n) is 3.51. The molecule has 4 nitrogen and oxygen atoms in total. The number of nitrogens with zero attached hydrogens (tertiary/aromatic N) is 2. The summed E-state index contributed by atoms with van der Waals surface area (Å²) >= 11 is 1.34. The molecule has 1 aromatic heterocycles. The van der Waals surface area contributed by atoms with E-state index in [9.17, 15) is 14.8 Å². The lowest BCUT2D eigenvalue weighted by Crippen LogP contribution is -2.04. The van der Waals surface area contributed by atoms with Gasteiger partial charge in [-0.1, -0.05) is 12.1 Å². The Bertz CT molecular complexity index is 908. The molecular formula is C18H14FN3OS. The van der Waals surface area contributed by atoms with Crippen LogP contribution in [-0.2, 0) is 0 Å². The lowest BCUT2D eigenvalue weighted by molar-refractivity contribution is 0.402. The highest BCUT2D eigenvalue weighted by atomic mass is 32.2. The van der Waals surface area contributed by atoms with Gasteiger partial charge >= 0.3 is 0 Å². The third-order valence-corrected chi connectivity index (χ3v) is 4.63. The fourth-order valence-electron chi connectivity index (χ4n) is 2.28. The second kappa shape index (κ2) is 6.77. The maximum atomic E-state index is 13.0. The molecule has 2 aromatic carbocycles. The highest BCUT2D eigenvalue weighted by Crippen LogP contribution is 2.30. The number of nitriles is 1. The number of aromatic amines is 1. The van der Waals surface area contributed by atoms with E-state index in [0.29, 0.717) is 5.82 Å². The zero-order valence-corrected chi connectivity index (χ0v) is 13.6. The van der Waals surface area contributed by atoms with Gasteiger partial charge in [0.2, 0.25) is 0 Å². The Balaban J connectivity index is 1.91. The van der Waals surface area contributed by atoms with Crippen molar-refractivity contribution >= 4 is 28.4 Å². The number of fused-ring (bicyclic) bond motifs is 1. The summed E-state index contributed by atoms with van der Waals surface area (Å²) in [5, 5.41) is 19.5. The first-order valence-corrected chi connectivity index (χ1v) is 8.17. The smallest absolute Gasteiger partial charge is 0.152 e. The van der Waals surface area contributed by atoms with Crippen LogP contribution in [0.15, 0.2) is 59.2 Å². The topological polar surface area (TPSA) is 72.7 Å². The summed E-state index contributed by atoms with van der Waals surface area (Å²) in [5.74, 6) is -0.0413. The molecule has 2 N–H and O–H groups in total. The monoisotopic (exact) mass is 339 g/mol. The average molecular weight is 339 g/mol. The van der Waals surface area contributed by atoms with Crippen LogP contribution in [0.1, 0.15) is 12.7 Å². The average Bonchev–Trinajstić information content (AvgIpc) is 3.01. The molecule has 0 saturated heterocycles. The van der Waals surface area contributed by atoms with E-state index in [4.69, 9.17) is 0 Å². The van der Waals surface area contributed by atoms with Crippen molar-refractivity contribution in [2.45, 2.75) is 17.1 Å². The lowest BCUT2D eigenvalue weighted by atomic mass is 10.2. The molecule has 3 rings (SSSR count). The quantitative estimate of drug-likeness (QED) is 0.411. The summed E-state index contributed by atoms with van der Waals surface area (Å²) in [6.45, 7) is 1.78. The number of benzene rings is 2. The molecule has 0 bridgehead atoms. The van der Waals surface area contributed by atoms with Crippen molar-refractivity contribution in [3.05, 3.63) is 65.9 Å². The van der Waals surface area contributed by atoms with Crippen LogP contribution < -0.4 is 0 Å². The highest BCUT2D eigenvalue weighted by Gasteiger charge is 2.19. The number of thioether (sulfide) groups is 1. The Morgan fingerprint density at radius 1 is 1.25 bits per heavy atom. The number of hydrogen-bond acceptors (Lipinski definition) is 4. The molecule has 0 aliphatic heterocycles. The molecule has 0 radical (unpaired) electrons. The predicted octanol–water partition coefficient (Wildman–Crippen LogP) is 4.68. The number of halogens is 1. The minimum Gasteiger partial charge on any atom is -0.510 e. The van der Waals surface area contributed by atoms with Gasteiger partial charge in [-0.25, -0.2) is 9.37 Å². The zero-order valence-electron chi connectivity index (χ0n) is 12.8. The van der Waals surface area contributed by atoms with Gasteiger partial charge in [0.25, 0.3) is 0 Å². The van der Waals surface area contributed by atoms with E-state index in [0.717, 1.165) is 15.9 Å². The first kappa shape index (κ1) is 16.1. The van der Waals surface area contributed by atoms with Gasteiger partial charge in [0, 0.05) is 4.90 Å². The Kier molecular flexibility index (Phi) is 4.54. The molecule has 0 aliphatic carbocycles. The molecule has 120 valence electrons. The summed E-state index contributed by atoms with van der Waals surface area (Å²) in [6, 6.07) is 15.4.